The second kappa shape index (κ2) is 8.02. The summed E-state index contributed by atoms with van der Waals surface area (Å²) in [6.07, 6.45) is -3.12. The van der Waals surface area contributed by atoms with Crippen LogP contribution in [0, 0.1) is 10.8 Å². The third-order valence-corrected chi connectivity index (χ3v) is 6.79. The van der Waals surface area contributed by atoms with E-state index in [2.05, 4.69) is 19.2 Å². The molecule has 0 fully saturated rings. The Morgan fingerprint density at radius 2 is 1.74 bits per heavy atom. The van der Waals surface area contributed by atoms with Gasteiger partial charge in [0.15, 0.2) is 0 Å². The summed E-state index contributed by atoms with van der Waals surface area (Å²) in [4.78, 5) is 24.7. The molecule has 31 heavy (non-hydrogen) atoms. The minimum Gasteiger partial charge on any atom is -0.506 e. The van der Waals surface area contributed by atoms with Crippen LogP contribution in [-0.4, -0.2) is 41.6 Å². The summed E-state index contributed by atoms with van der Waals surface area (Å²) >= 11 is 0. The van der Waals surface area contributed by atoms with Crippen molar-refractivity contribution in [3.63, 3.8) is 0 Å². The summed E-state index contributed by atoms with van der Waals surface area (Å²) in [5, 5.41) is 13.2. The third-order valence-electron chi connectivity index (χ3n) is 6.79. The number of nitrogens with one attached hydrogen (secondary N) is 1. The average molecular weight is 443 g/mol. The van der Waals surface area contributed by atoms with E-state index in [4.69, 9.17) is 0 Å². The molecule has 2 rings (SSSR count). The summed E-state index contributed by atoms with van der Waals surface area (Å²) in [7, 11) is 1.15. The molecule has 1 aromatic carbocycles. The normalized spacial score (nSPS) is 20.7. The highest BCUT2D eigenvalue weighted by Crippen LogP contribution is 2.53. The van der Waals surface area contributed by atoms with Gasteiger partial charge in [-0.1, -0.05) is 41.5 Å². The van der Waals surface area contributed by atoms with Gasteiger partial charge in [0.2, 0.25) is 5.91 Å². The number of fused-ring (bicyclic) bond motifs is 1. The number of phenols is 1. The molecule has 0 bridgehead atoms. The first-order valence-corrected chi connectivity index (χ1v) is 10.4. The lowest BCUT2D eigenvalue weighted by Gasteiger charge is -2.50. The number of hydrogen-bond donors (Lipinski definition) is 2. The second-order valence-corrected chi connectivity index (χ2v) is 10.4. The Morgan fingerprint density at radius 3 is 2.26 bits per heavy atom. The maximum Gasteiger partial charge on any atom is 0.471 e. The Hall–Kier alpha value is -2.25. The molecule has 0 spiro atoms. The molecule has 8 heteroatoms. The minimum atomic E-state index is -4.91. The van der Waals surface area contributed by atoms with Gasteiger partial charge >= 0.3 is 12.1 Å². The van der Waals surface area contributed by atoms with E-state index in [0.717, 1.165) is 24.6 Å². The van der Waals surface area contributed by atoms with Gasteiger partial charge in [-0.2, -0.15) is 13.2 Å². The number of phenolic OH excluding ortho intramolecular Hbond substituents is 1. The van der Waals surface area contributed by atoms with Gasteiger partial charge in [-0.25, -0.2) is 0 Å². The summed E-state index contributed by atoms with van der Waals surface area (Å²) < 4.78 is 38.4. The van der Waals surface area contributed by atoms with Crippen LogP contribution in [0.3, 0.4) is 0 Å². The van der Waals surface area contributed by atoms with Gasteiger partial charge in [-0.15, -0.1) is 0 Å². The van der Waals surface area contributed by atoms with E-state index in [0.29, 0.717) is 17.7 Å². The number of amides is 2. The van der Waals surface area contributed by atoms with Crippen molar-refractivity contribution in [3.05, 3.63) is 23.3 Å². The Labute approximate surface area is 182 Å². The number of halogens is 3. The van der Waals surface area contributed by atoms with Crippen molar-refractivity contribution in [1.29, 1.82) is 0 Å². The highest BCUT2D eigenvalue weighted by Gasteiger charge is 2.47. The highest BCUT2D eigenvalue weighted by molar-refractivity contribution is 5.96. The van der Waals surface area contributed by atoms with Crippen molar-refractivity contribution in [1.82, 2.24) is 4.90 Å². The Balaban J connectivity index is 2.43. The summed E-state index contributed by atoms with van der Waals surface area (Å²) in [5.41, 5.74) is 0.546. The quantitative estimate of drug-likeness (QED) is 0.644. The van der Waals surface area contributed by atoms with Gasteiger partial charge in [0.25, 0.3) is 0 Å². The summed E-state index contributed by atoms with van der Waals surface area (Å²) in [6.45, 7) is 11.3. The van der Waals surface area contributed by atoms with Crippen molar-refractivity contribution in [2.24, 2.45) is 10.8 Å². The molecule has 0 radical (unpaired) electrons. The van der Waals surface area contributed by atoms with Crippen LogP contribution in [0.4, 0.5) is 18.9 Å². The van der Waals surface area contributed by atoms with Crippen LogP contribution < -0.4 is 5.32 Å². The number of benzene rings is 1. The number of alkyl halides is 3. The SMILES string of the molecule is CN(CC[C@@]1(C)c2cc(NC(=O)C(C)(C)C)c(O)cc2CCC1(C)C)C(=O)C(F)(F)F. The maximum absolute atomic E-state index is 12.8. The molecule has 2 amide bonds. The molecule has 1 aromatic rings. The van der Waals surface area contributed by atoms with E-state index >= 15 is 0 Å². The van der Waals surface area contributed by atoms with Crippen molar-refractivity contribution in [3.8, 4) is 5.75 Å². The standard InChI is InChI=1S/C23H33F3N2O3/c1-20(2,3)18(30)27-16-13-15-14(12-17(16)29)8-9-21(4,5)22(15,6)10-11-28(7)19(31)23(24,25)26/h12-13,29H,8-11H2,1-7H3,(H,27,30)/t22-/m0/s1. The molecular weight excluding hydrogens is 409 g/mol. The van der Waals surface area contributed by atoms with E-state index < -0.39 is 22.9 Å². The largest absolute Gasteiger partial charge is 0.506 e. The zero-order chi connectivity index (χ0) is 24.0. The van der Waals surface area contributed by atoms with E-state index in [1.807, 2.05) is 6.92 Å². The number of aryl methyl sites for hydroxylation is 1. The Bertz CT molecular complexity index is 872. The van der Waals surface area contributed by atoms with Crippen LogP contribution >= 0.6 is 0 Å². The zero-order valence-electron chi connectivity index (χ0n) is 19.3. The van der Waals surface area contributed by atoms with Crippen LogP contribution in [0.5, 0.6) is 5.75 Å². The number of nitrogens with zero attached hydrogens (tertiary/aromatic N) is 1. The molecule has 0 unspecified atom stereocenters. The Morgan fingerprint density at radius 1 is 1.16 bits per heavy atom. The highest BCUT2D eigenvalue weighted by atomic mass is 19.4. The van der Waals surface area contributed by atoms with Crippen LogP contribution in [0.15, 0.2) is 12.1 Å². The third kappa shape index (κ3) is 4.99. The van der Waals surface area contributed by atoms with Crippen LogP contribution in [-0.2, 0) is 21.4 Å². The fourth-order valence-corrected chi connectivity index (χ4v) is 4.03. The smallest absolute Gasteiger partial charge is 0.471 e. The topological polar surface area (TPSA) is 69.6 Å². The summed E-state index contributed by atoms with van der Waals surface area (Å²) in [6, 6.07) is 3.37. The van der Waals surface area contributed by atoms with Gasteiger partial charge in [0.1, 0.15) is 5.75 Å². The van der Waals surface area contributed by atoms with Crippen LogP contribution in [0.2, 0.25) is 0 Å². The molecule has 0 heterocycles. The minimum absolute atomic E-state index is 0.0391. The number of carbonyl (C=O) groups excluding carboxylic acids is 2. The van der Waals surface area contributed by atoms with Gasteiger partial charge in [0, 0.05) is 19.0 Å². The van der Waals surface area contributed by atoms with Crippen LogP contribution in [0.25, 0.3) is 0 Å². The van der Waals surface area contributed by atoms with Gasteiger partial charge < -0.3 is 15.3 Å². The lowest BCUT2D eigenvalue weighted by atomic mass is 9.55. The van der Waals surface area contributed by atoms with Crippen molar-refractivity contribution in [2.75, 3.05) is 18.9 Å². The fourth-order valence-electron chi connectivity index (χ4n) is 4.03. The molecule has 174 valence electrons. The maximum atomic E-state index is 12.8. The molecular formula is C23H33F3N2O3. The van der Waals surface area contributed by atoms with E-state index in [1.165, 1.54) is 0 Å². The number of carbonyl (C=O) groups is 2. The van der Waals surface area contributed by atoms with Gasteiger partial charge in [-0.05, 0) is 53.4 Å². The molecule has 5 nitrogen and oxygen atoms in total. The van der Waals surface area contributed by atoms with E-state index in [1.54, 1.807) is 32.9 Å². The fraction of sp³-hybridized carbons (Fsp3) is 0.652. The predicted octanol–water partition coefficient (Wildman–Crippen LogP) is 5.02. The molecule has 0 aliphatic heterocycles. The first kappa shape index (κ1) is 25.0. The van der Waals surface area contributed by atoms with Crippen molar-refractivity contribution < 1.29 is 27.9 Å². The monoisotopic (exact) mass is 442 g/mol. The number of hydrogen-bond acceptors (Lipinski definition) is 3. The lowest BCUT2D eigenvalue weighted by Crippen LogP contribution is -2.47. The second-order valence-electron chi connectivity index (χ2n) is 10.4. The number of rotatable bonds is 4. The first-order valence-electron chi connectivity index (χ1n) is 10.4. The molecule has 0 saturated heterocycles. The first-order chi connectivity index (χ1) is 13.9. The van der Waals surface area contributed by atoms with Crippen molar-refractivity contribution in [2.45, 2.75) is 72.4 Å². The molecule has 2 N–H and O–H groups in total. The summed E-state index contributed by atoms with van der Waals surface area (Å²) in [5.74, 6) is -2.16. The zero-order valence-corrected chi connectivity index (χ0v) is 19.3. The van der Waals surface area contributed by atoms with E-state index in [-0.39, 0.29) is 29.3 Å². The van der Waals surface area contributed by atoms with Crippen molar-refractivity contribution >= 4 is 17.5 Å². The molecule has 1 atom stereocenters. The Kier molecular flexibility index (Phi) is 6.47. The molecule has 0 saturated carbocycles. The van der Waals surface area contributed by atoms with E-state index in [9.17, 15) is 27.9 Å². The molecule has 1 aliphatic rings. The number of anilines is 1. The average Bonchev–Trinajstić information content (AvgIpc) is 2.62. The number of aromatic hydroxyl groups is 1. The lowest BCUT2D eigenvalue weighted by molar-refractivity contribution is -0.184. The van der Waals surface area contributed by atoms with Gasteiger partial charge in [0.05, 0.1) is 5.69 Å². The molecule has 0 aromatic heterocycles. The van der Waals surface area contributed by atoms with Crippen LogP contribution in [0.1, 0.15) is 65.5 Å². The molecule has 1 aliphatic carbocycles. The predicted molar refractivity (Wildman–Crippen MR) is 114 cm³/mol. The van der Waals surface area contributed by atoms with Gasteiger partial charge in [-0.3, -0.25) is 9.59 Å².